The van der Waals surface area contributed by atoms with Crippen LogP contribution in [0, 0.1) is 0 Å². The molecule has 0 spiro atoms. The van der Waals surface area contributed by atoms with Gasteiger partial charge in [-0.15, -0.1) is 11.3 Å². The summed E-state index contributed by atoms with van der Waals surface area (Å²) >= 11 is 1.55. The van der Waals surface area contributed by atoms with Crippen molar-refractivity contribution in [1.29, 1.82) is 0 Å². The number of hydrazine groups is 1. The average molecular weight is 185 g/mol. The predicted molar refractivity (Wildman–Crippen MR) is 47.5 cm³/mol. The first-order chi connectivity index (χ1) is 5.74. The summed E-state index contributed by atoms with van der Waals surface area (Å²) in [5.41, 5.74) is 2.10. The molecule has 12 heavy (non-hydrogen) atoms. The minimum absolute atomic E-state index is 0.147. The number of hydrogen-bond acceptors (Lipinski definition) is 4. The van der Waals surface area contributed by atoms with Gasteiger partial charge in [0.1, 0.15) is 0 Å². The fourth-order valence-electron chi connectivity index (χ4n) is 0.902. The number of nitrogens with one attached hydrogen (secondary N) is 1. The van der Waals surface area contributed by atoms with Gasteiger partial charge in [-0.25, -0.2) is 10.8 Å². The lowest BCUT2D eigenvalue weighted by Gasteiger charge is -2.05. The maximum Gasteiger partial charge on any atom is 0.234 e. The van der Waals surface area contributed by atoms with Crippen molar-refractivity contribution in [2.24, 2.45) is 5.84 Å². The molecule has 0 radical (unpaired) electrons. The second kappa shape index (κ2) is 4.18. The molecule has 1 aromatic heterocycles. The lowest BCUT2D eigenvalue weighted by Crippen LogP contribution is -2.30. The molecule has 0 fully saturated rings. The number of hydrogen-bond donors (Lipinski definition) is 2. The first-order valence-corrected chi connectivity index (χ1v) is 4.51. The Bertz CT molecular complexity index is 247. The Hall–Kier alpha value is -0.940. The highest BCUT2D eigenvalue weighted by Gasteiger charge is 2.11. The van der Waals surface area contributed by atoms with E-state index in [4.69, 9.17) is 5.84 Å². The van der Waals surface area contributed by atoms with Crippen molar-refractivity contribution < 1.29 is 4.79 Å². The molecule has 1 heterocycles. The third kappa shape index (κ3) is 2.28. The van der Waals surface area contributed by atoms with Gasteiger partial charge in [0.05, 0.1) is 5.01 Å². The molecule has 0 saturated heterocycles. The lowest BCUT2D eigenvalue weighted by atomic mass is 10.1. The average Bonchev–Trinajstić information content (AvgIpc) is 2.56. The molecule has 1 rings (SSSR count). The van der Waals surface area contributed by atoms with Crippen LogP contribution in [0.2, 0.25) is 0 Å². The summed E-state index contributed by atoms with van der Waals surface area (Å²) in [5, 5.41) is 2.87. The number of aromatic nitrogens is 1. The Kier molecular flexibility index (Phi) is 3.19. The van der Waals surface area contributed by atoms with Crippen molar-refractivity contribution in [3.05, 3.63) is 16.6 Å². The zero-order valence-electron chi connectivity index (χ0n) is 6.78. The normalized spacial score (nSPS) is 12.5. The van der Waals surface area contributed by atoms with Gasteiger partial charge in [-0.05, 0) is 0 Å². The minimum atomic E-state index is -0.155. The van der Waals surface area contributed by atoms with Crippen LogP contribution in [0.5, 0.6) is 0 Å². The second-order valence-electron chi connectivity index (χ2n) is 2.54. The minimum Gasteiger partial charge on any atom is -0.294 e. The Morgan fingerprint density at radius 1 is 1.92 bits per heavy atom. The van der Waals surface area contributed by atoms with Crippen molar-refractivity contribution in [1.82, 2.24) is 10.4 Å². The van der Waals surface area contributed by atoms with Gasteiger partial charge in [0.15, 0.2) is 0 Å². The van der Waals surface area contributed by atoms with Gasteiger partial charge < -0.3 is 0 Å². The number of carbonyl (C=O) groups excluding carboxylic acids is 1. The largest absolute Gasteiger partial charge is 0.294 e. The molecule has 0 aliphatic rings. The molecule has 0 unspecified atom stereocenters. The van der Waals surface area contributed by atoms with Gasteiger partial charge in [0, 0.05) is 23.9 Å². The fourth-order valence-corrected chi connectivity index (χ4v) is 1.60. The number of nitrogens with two attached hydrogens (primary N) is 1. The quantitative estimate of drug-likeness (QED) is 0.412. The zero-order valence-corrected chi connectivity index (χ0v) is 7.60. The van der Waals surface area contributed by atoms with Gasteiger partial charge in [0.2, 0.25) is 5.91 Å². The van der Waals surface area contributed by atoms with Crippen LogP contribution in [0.4, 0.5) is 0 Å². The summed E-state index contributed by atoms with van der Waals surface area (Å²) < 4.78 is 0. The van der Waals surface area contributed by atoms with Crippen LogP contribution in [0.15, 0.2) is 11.6 Å². The topological polar surface area (TPSA) is 68.0 Å². The fraction of sp³-hybridized carbons (Fsp3) is 0.429. The molecule has 5 heteroatoms. The Labute approximate surface area is 74.8 Å². The molecule has 0 aliphatic carbocycles. The van der Waals surface area contributed by atoms with E-state index in [1.54, 1.807) is 17.5 Å². The Morgan fingerprint density at radius 2 is 2.67 bits per heavy atom. The molecule has 66 valence electrons. The maximum absolute atomic E-state index is 10.9. The van der Waals surface area contributed by atoms with Gasteiger partial charge in [-0.1, -0.05) is 6.92 Å². The van der Waals surface area contributed by atoms with Gasteiger partial charge >= 0.3 is 0 Å². The van der Waals surface area contributed by atoms with Crippen LogP contribution in [0.3, 0.4) is 0 Å². The van der Waals surface area contributed by atoms with Crippen molar-refractivity contribution in [3.63, 3.8) is 0 Å². The Morgan fingerprint density at radius 3 is 3.17 bits per heavy atom. The molecule has 0 saturated carbocycles. The van der Waals surface area contributed by atoms with Crippen LogP contribution in [-0.4, -0.2) is 10.9 Å². The molecule has 1 atom stereocenters. The van der Waals surface area contributed by atoms with Gasteiger partial charge in [0.25, 0.3) is 0 Å². The standard InChI is InChI=1S/C7H11N3OS/c1-5(4-6(11)10-8)7-9-2-3-12-7/h2-3,5H,4,8H2,1H3,(H,10,11)/t5-/m1/s1. The monoisotopic (exact) mass is 185 g/mol. The number of rotatable bonds is 3. The van der Waals surface area contributed by atoms with E-state index in [0.29, 0.717) is 6.42 Å². The van der Waals surface area contributed by atoms with Crippen LogP contribution in [0.1, 0.15) is 24.3 Å². The number of thiazole rings is 1. The van der Waals surface area contributed by atoms with E-state index in [1.165, 1.54) is 0 Å². The van der Waals surface area contributed by atoms with E-state index < -0.39 is 0 Å². The predicted octanol–water partition coefficient (Wildman–Crippen LogP) is 0.627. The molecule has 1 amide bonds. The SMILES string of the molecule is C[C@H](CC(=O)NN)c1nccs1. The zero-order chi connectivity index (χ0) is 8.97. The molecule has 0 bridgehead atoms. The van der Waals surface area contributed by atoms with E-state index in [1.807, 2.05) is 12.3 Å². The van der Waals surface area contributed by atoms with Crippen LogP contribution in [0.25, 0.3) is 0 Å². The van der Waals surface area contributed by atoms with Crippen molar-refractivity contribution in [2.45, 2.75) is 19.3 Å². The number of amides is 1. The summed E-state index contributed by atoms with van der Waals surface area (Å²) in [4.78, 5) is 15.0. The summed E-state index contributed by atoms with van der Waals surface area (Å²) in [6.07, 6.45) is 2.13. The van der Waals surface area contributed by atoms with Crippen molar-refractivity contribution in [2.75, 3.05) is 0 Å². The van der Waals surface area contributed by atoms with E-state index in [-0.39, 0.29) is 11.8 Å². The number of carbonyl (C=O) groups is 1. The van der Waals surface area contributed by atoms with Gasteiger partial charge in [-0.3, -0.25) is 10.2 Å². The second-order valence-corrected chi connectivity index (χ2v) is 3.47. The van der Waals surface area contributed by atoms with E-state index >= 15 is 0 Å². The highest BCUT2D eigenvalue weighted by Crippen LogP contribution is 2.20. The maximum atomic E-state index is 10.9. The van der Waals surface area contributed by atoms with Crippen LogP contribution >= 0.6 is 11.3 Å². The third-order valence-electron chi connectivity index (χ3n) is 1.53. The molecule has 0 aromatic carbocycles. The van der Waals surface area contributed by atoms with E-state index in [9.17, 15) is 4.79 Å². The Balaban J connectivity index is 2.49. The summed E-state index contributed by atoms with van der Waals surface area (Å²) in [5.74, 6) is 4.95. The highest BCUT2D eigenvalue weighted by molar-refractivity contribution is 7.09. The molecule has 0 aliphatic heterocycles. The molecule has 3 N–H and O–H groups in total. The first kappa shape index (κ1) is 9.15. The molecular weight excluding hydrogens is 174 g/mol. The molecule has 4 nitrogen and oxygen atoms in total. The van der Waals surface area contributed by atoms with Crippen LogP contribution < -0.4 is 11.3 Å². The van der Waals surface area contributed by atoms with E-state index in [2.05, 4.69) is 10.4 Å². The first-order valence-electron chi connectivity index (χ1n) is 3.63. The molecule has 1 aromatic rings. The summed E-state index contributed by atoms with van der Waals surface area (Å²) in [7, 11) is 0. The molecular formula is C7H11N3OS. The summed E-state index contributed by atoms with van der Waals surface area (Å²) in [6, 6.07) is 0. The van der Waals surface area contributed by atoms with Crippen LogP contribution in [-0.2, 0) is 4.79 Å². The van der Waals surface area contributed by atoms with Crippen molar-refractivity contribution in [3.8, 4) is 0 Å². The van der Waals surface area contributed by atoms with Gasteiger partial charge in [-0.2, -0.15) is 0 Å². The highest BCUT2D eigenvalue weighted by atomic mass is 32.1. The lowest BCUT2D eigenvalue weighted by molar-refractivity contribution is -0.121. The van der Waals surface area contributed by atoms with E-state index in [0.717, 1.165) is 5.01 Å². The number of nitrogens with zero attached hydrogens (tertiary/aromatic N) is 1. The van der Waals surface area contributed by atoms with Crippen molar-refractivity contribution >= 4 is 17.2 Å². The third-order valence-corrected chi connectivity index (χ3v) is 2.53. The smallest absolute Gasteiger partial charge is 0.234 e. The summed E-state index contributed by atoms with van der Waals surface area (Å²) in [6.45, 7) is 1.95.